The standard InChI is InChI=1S/C12H16N2OS/c1-8(15)11-7-16-12(13-11)14-5-9-3-2-4-10(9)6-14/h7,9-10H,2-6H2,1H3. The minimum Gasteiger partial charge on any atom is -0.348 e. The Bertz CT molecular complexity index is 403. The number of fused-ring (bicyclic) bond motifs is 1. The number of hydrogen-bond acceptors (Lipinski definition) is 4. The number of aromatic nitrogens is 1. The largest absolute Gasteiger partial charge is 0.348 e. The molecule has 2 atom stereocenters. The molecule has 2 unspecified atom stereocenters. The Morgan fingerprint density at radius 1 is 1.44 bits per heavy atom. The van der Waals surface area contributed by atoms with Gasteiger partial charge in [0.05, 0.1) is 0 Å². The summed E-state index contributed by atoms with van der Waals surface area (Å²) >= 11 is 1.61. The van der Waals surface area contributed by atoms with Gasteiger partial charge in [0.25, 0.3) is 0 Å². The molecule has 0 N–H and O–H groups in total. The Morgan fingerprint density at radius 3 is 2.69 bits per heavy atom. The lowest BCUT2D eigenvalue weighted by Gasteiger charge is -2.15. The highest BCUT2D eigenvalue weighted by Crippen LogP contribution is 2.40. The van der Waals surface area contributed by atoms with E-state index in [9.17, 15) is 4.79 Å². The second-order valence-corrected chi connectivity index (χ2v) is 5.76. The Balaban J connectivity index is 1.76. The van der Waals surface area contributed by atoms with E-state index in [-0.39, 0.29) is 5.78 Å². The van der Waals surface area contributed by atoms with Crippen molar-refractivity contribution in [1.29, 1.82) is 0 Å². The summed E-state index contributed by atoms with van der Waals surface area (Å²) in [5.74, 6) is 1.83. The molecule has 1 aliphatic heterocycles. The Labute approximate surface area is 99.5 Å². The minimum absolute atomic E-state index is 0.0712. The molecule has 0 radical (unpaired) electrons. The van der Waals surface area contributed by atoms with Crippen LogP contribution in [0.15, 0.2) is 5.38 Å². The van der Waals surface area contributed by atoms with Crippen molar-refractivity contribution in [2.75, 3.05) is 18.0 Å². The normalized spacial score (nSPS) is 28.4. The Hall–Kier alpha value is -0.900. The van der Waals surface area contributed by atoms with Gasteiger partial charge in [-0.05, 0) is 24.7 Å². The van der Waals surface area contributed by atoms with Crippen molar-refractivity contribution in [3.05, 3.63) is 11.1 Å². The summed E-state index contributed by atoms with van der Waals surface area (Å²) in [6.45, 7) is 3.88. The molecule has 3 rings (SSSR count). The summed E-state index contributed by atoms with van der Waals surface area (Å²) < 4.78 is 0. The summed E-state index contributed by atoms with van der Waals surface area (Å²) in [5, 5.41) is 2.92. The maximum atomic E-state index is 11.2. The average molecular weight is 236 g/mol. The van der Waals surface area contributed by atoms with Crippen LogP contribution in [0.4, 0.5) is 5.13 Å². The molecular weight excluding hydrogens is 220 g/mol. The molecule has 1 aliphatic carbocycles. The first-order valence-corrected chi connectivity index (χ1v) is 6.83. The van der Waals surface area contributed by atoms with Crippen LogP contribution in [0.1, 0.15) is 36.7 Å². The first-order valence-electron chi connectivity index (χ1n) is 5.95. The molecule has 16 heavy (non-hydrogen) atoms. The smallest absolute Gasteiger partial charge is 0.185 e. The lowest BCUT2D eigenvalue weighted by atomic mass is 10.0. The van der Waals surface area contributed by atoms with E-state index in [2.05, 4.69) is 9.88 Å². The zero-order chi connectivity index (χ0) is 11.1. The van der Waals surface area contributed by atoms with Gasteiger partial charge < -0.3 is 4.90 Å². The number of rotatable bonds is 2. The van der Waals surface area contributed by atoms with E-state index < -0.39 is 0 Å². The number of carbonyl (C=O) groups is 1. The van der Waals surface area contributed by atoms with E-state index in [0.717, 1.165) is 30.1 Å². The molecule has 1 saturated heterocycles. The van der Waals surface area contributed by atoms with Gasteiger partial charge >= 0.3 is 0 Å². The van der Waals surface area contributed by atoms with Crippen molar-refractivity contribution in [3.8, 4) is 0 Å². The topological polar surface area (TPSA) is 33.2 Å². The number of nitrogens with zero attached hydrogens (tertiary/aromatic N) is 2. The van der Waals surface area contributed by atoms with Crippen molar-refractivity contribution < 1.29 is 4.79 Å². The molecule has 1 aromatic rings. The Kier molecular flexibility index (Phi) is 2.46. The second kappa shape index (κ2) is 3.84. The quantitative estimate of drug-likeness (QED) is 0.740. The molecule has 0 bridgehead atoms. The maximum Gasteiger partial charge on any atom is 0.185 e. The lowest BCUT2D eigenvalue weighted by Crippen LogP contribution is -2.20. The van der Waals surface area contributed by atoms with Gasteiger partial charge in [-0.3, -0.25) is 4.79 Å². The van der Waals surface area contributed by atoms with Crippen LogP contribution in [0.5, 0.6) is 0 Å². The second-order valence-electron chi connectivity index (χ2n) is 4.93. The van der Waals surface area contributed by atoms with Crippen LogP contribution in [0.25, 0.3) is 0 Å². The lowest BCUT2D eigenvalue weighted by molar-refractivity contribution is 0.101. The van der Waals surface area contributed by atoms with Crippen LogP contribution < -0.4 is 4.90 Å². The van der Waals surface area contributed by atoms with Gasteiger partial charge in [-0.25, -0.2) is 4.98 Å². The first-order chi connectivity index (χ1) is 7.74. The number of carbonyl (C=O) groups excluding carboxylic acids is 1. The van der Waals surface area contributed by atoms with Crippen LogP contribution in [-0.2, 0) is 0 Å². The minimum atomic E-state index is 0.0712. The molecule has 2 aliphatic rings. The van der Waals surface area contributed by atoms with E-state index in [0.29, 0.717) is 5.69 Å². The van der Waals surface area contributed by atoms with Crippen LogP contribution >= 0.6 is 11.3 Å². The van der Waals surface area contributed by atoms with Crippen LogP contribution in [0.2, 0.25) is 0 Å². The van der Waals surface area contributed by atoms with Crippen molar-refractivity contribution >= 4 is 22.3 Å². The predicted molar refractivity (Wildman–Crippen MR) is 65.2 cm³/mol. The summed E-state index contributed by atoms with van der Waals surface area (Å²) in [6, 6.07) is 0. The van der Waals surface area contributed by atoms with Crippen molar-refractivity contribution in [2.24, 2.45) is 11.8 Å². The molecule has 0 spiro atoms. The number of ketones is 1. The van der Waals surface area contributed by atoms with Gasteiger partial charge in [-0.15, -0.1) is 11.3 Å². The van der Waals surface area contributed by atoms with Crippen LogP contribution in [0.3, 0.4) is 0 Å². The number of thiazole rings is 1. The predicted octanol–water partition coefficient (Wildman–Crippen LogP) is 2.58. The highest BCUT2D eigenvalue weighted by atomic mass is 32.1. The molecule has 2 heterocycles. The zero-order valence-corrected chi connectivity index (χ0v) is 10.3. The zero-order valence-electron chi connectivity index (χ0n) is 9.48. The van der Waals surface area contributed by atoms with E-state index in [1.54, 1.807) is 18.3 Å². The number of anilines is 1. The fourth-order valence-electron chi connectivity index (χ4n) is 2.96. The van der Waals surface area contributed by atoms with Gasteiger partial charge in [0.15, 0.2) is 10.9 Å². The molecule has 4 heteroatoms. The van der Waals surface area contributed by atoms with Crippen molar-refractivity contribution in [1.82, 2.24) is 4.98 Å². The van der Waals surface area contributed by atoms with Crippen molar-refractivity contribution in [2.45, 2.75) is 26.2 Å². The third-order valence-electron chi connectivity index (χ3n) is 3.85. The van der Waals surface area contributed by atoms with Crippen molar-refractivity contribution in [3.63, 3.8) is 0 Å². The maximum absolute atomic E-state index is 11.2. The summed E-state index contributed by atoms with van der Waals surface area (Å²) in [6.07, 6.45) is 4.16. The van der Waals surface area contributed by atoms with Gasteiger partial charge in [0.2, 0.25) is 0 Å². The number of hydrogen-bond donors (Lipinski definition) is 0. The van der Waals surface area contributed by atoms with E-state index in [1.807, 2.05) is 5.38 Å². The van der Waals surface area contributed by atoms with Gasteiger partial charge in [0.1, 0.15) is 5.69 Å². The summed E-state index contributed by atoms with van der Waals surface area (Å²) in [7, 11) is 0. The monoisotopic (exact) mass is 236 g/mol. The third-order valence-corrected chi connectivity index (χ3v) is 4.75. The fourth-order valence-corrected chi connectivity index (χ4v) is 3.85. The summed E-state index contributed by atoms with van der Waals surface area (Å²) in [5.41, 5.74) is 0.622. The fraction of sp³-hybridized carbons (Fsp3) is 0.667. The third kappa shape index (κ3) is 1.65. The van der Waals surface area contributed by atoms with Gasteiger partial charge in [-0.2, -0.15) is 0 Å². The SMILES string of the molecule is CC(=O)c1csc(N2CC3CCCC3C2)n1. The van der Waals surface area contributed by atoms with Crippen LogP contribution in [-0.4, -0.2) is 23.9 Å². The highest BCUT2D eigenvalue weighted by molar-refractivity contribution is 7.13. The molecule has 0 aromatic carbocycles. The molecule has 1 aromatic heterocycles. The highest BCUT2D eigenvalue weighted by Gasteiger charge is 2.36. The van der Waals surface area contributed by atoms with E-state index in [1.165, 1.54) is 19.3 Å². The molecule has 1 saturated carbocycles. The first kappa shape index (κ1) is 10.3. The average Bonchev–Trinajstić information content (AvgIpc) is 2.91. The Morgan fingerprint density at radius 2 is 2.12 bits per heavy atom. The van der Waals surface area contributed by atoms with E-state index >= 15 is 0 Å². The molecule has 86 valence electrons. The van der Waals surface area contributed by atoms with E-state index in [4.69, 9.17) is 0 Å². The molecule has 2 fully saturated rings. The van der Waals surface area contributed by atoms with Gasteiger partial charge in [0, 0.05) is 25.4 Å². The van der Waals surface area contributed by atoms with Crippen LogP contribution in [0, 0.1) is 11.8 Å². The molecular formula is C12H16N2OS. The summed E-state index contributed by atoms with van der Waals surface area (Å²) in [4.78, 5) is 18.0. The molecule has 0 amide bonds. The number of Topliss-reactive ketones (excluding diaryl/α,β-unsaturated/α-hetero) is 1. The van der Waals surface area contributed by atoms with Gasteiger partial charge in [-0.1, -0.05) is 6.42 Å². The molecule has 3 nitrogen and oxygen atoms in total.